The van der Waals surface area contributed by atoms with Gasteiger partial charge in [-0.05, 0) is 46.5 Å². The van der Waals surface area contributed by atoms with Gasteiger partial charge in [-0.2, -0.15) is 5.10 Å². The Hall–Kier alpha value is -1.33. The number of carbonyl (C=O) groups excluding carboxylic acids is 1. The summed E-state index contributed by atoms with van der Waals surface area (Å²) in [5, 5.41) is 5.92. The van der Waals surface area contributed by atoms with E-state index in [0.29, 0.717) is 19.0 Å². The first-order valence-corrected chi connectivity index (χ1v) is 7.69. The molecule has 0 aromatic rings. The zero-order chi connectivity index (χ0) is 15.6. The van der Waals surface area contributed by atoms with Crippen LogP contribution < -0.4 is 0 Å². The molecule has 0 radical (unpaired) electrons. The summed E-state index contributed by atoms with van der Waals surface area (Å²) in [5.41, 5.74) is -0.473. The zero-order valence-electron chi connectivity index (χ0n) is 13.4. The average molecular weight is 299 g/mol. The van der Waals surface area contributed by atoms with Crippen molar-refractivity contribution in [1.82, 2.24) is 9.91 Å². The van der Waals surface area contributed by atoms with Crippen molar-refractivity contribution in [1.29, 1.82) is 0 Å². The van der Waals surface area contributed by atoms with Crippen molar-refractivity contribution in [3.05, 3.63) is 0 Å². The van der Waals surface area contributed by atoms with Crippen LogP contribution >= 0.6 is 0 Å². The molecule has 2 aliphatic heterocycles. The monoisotopic (exact) mass is 299 g/mol. The van der Waals surface area contributed by atoms with Gasteiger partial charge in [0.15, 0.2) is 6.17 Å². The molecule has 2 aliphatic rings. The van der Waals surface area contributed by atoms with E-state index in [1.807, 2.05) is 27.7 Å². The number of nitrogens with zero attached hydrogens (tertiary/aromatic N) is 3. The van der Waals surface area contributed by atoms with Crippen LogP contribution in [-0.2, 0) is 4.74 Å². The Morgan fingerprint density at radius 3 is 2.76 bits per heavy atom. The lowest BCUT2D eigenvalue weighted by atomic mass is 9.97. The lowest BCUT2D eigenvalue weighted by molar-refractivity contribution is 0.0135. The molecule has 2 heterocycles. The molecular formula is C15H26FN3O2. The minimum atomic E-state index is -0.990. The molecule has 120 valence electrons. The SMILES string of the molecule is CC1C(F)C=NN1CC1CCCN(C(=O)OC(C)(C)C)C1. The van der Waals surface area contributed by atoms with Crippen molar-refractivity contribution in [3.63, 3.8) is 0 Å². The Morgan fingerprint density at radius 2 is 2.19 bits per heavy atom. The molecule has 0 aliphatic carbocycles. The van der Waals surface area contributed by atoms with E-state index in [1.54, 1.807) is 9.91 Å². The smallest absolute Gasteiger partial charge is 0.410 e. The number of carbonyl (C=O) groups is 1. The van der Waals surface area contributed by atoms with Crippen LogP contribution in [0, 0.1) is 5.92 Å². The molecular weight excluding hydrogens is 273 g/mol. The molecule has 3 atom stereocenters. The fraction of sp³-hybridized carbons (Fsp3) is 0.867. The molecule has 5 nitrogen and oxygen atoms in total. The molecule has 0 aromatic heterocycles. The summed E-state index contributed by atoms with van der Waals surface area (Å²) in [7, 11) is 0. The van der Waals surface area contributed by atoms with E-state index in [2.05, 4.69) is 5.10 Å². The van der Waals surface area contributed by atoms with Crippen molar-refractivity contribution >= 4 is 12.3 Å². The number of rotatable bonds is 2. The molecule has 2 rings (SSSR count). The second-order valence-electron chi connectivity index (χ2n) is 7.01. The van der Waals surface area contributed by atoms with Crippen LogP contribution in [0.15, 0.2) is 5.10 Å². The maximum Gasteiger partial charge on any atom is 0.410 e. The molecule has 6 heteroatoms. The summed E-state index contributed by atoms with van der Waals surface area (Å²) in [4.78, 5) is 13.9. The highest BCUT2D eigenvalue weighted by Crippen LogP contribution is 2.23. The predicted octanol–water partition coefficient (Wildman–Crippen LogP) is 2.66. The molecule has 1 saturated heterocycles. The van der Waals surface area contributed by atoms with Gasteiger partial charge in [0.1, 0.15) is 5.60 Å². The van der Waals surface area contributed by atoms with E-state index < -0.39 is 11.8 Å². The molecule has 1 fully saturated rings. The fourth-order valence-electron chi connectivity index (χ4n) is 2.73. The molecule has 21 heavy (non-hydrogen) atoms. The Morgan fingerprint density at radius 1 is 1.48 bits per heavy atom. The number of hydrogen-bond donors (Lipinski definition) is 0. The van der Waals surface area contributed by atoms with Crippen molar-refractivity contribution < 1.29 is 13.9 Å². The summed E-state index contributed by atoms with van der Waals surface area (Å²) in [6.45, 7) is 9.53. The van der Waals surface area contributed by atoms with Gasteiger partial charge in [0, 0.05) is 19.6 Å². The Bertz CT molecular complexity index is 408. The topological polar surface area (TPSA) is 45.1 Å². The van der Waals surface area contributed by atoms with Crippen LogP contribution in [-0.4, -0.2) is 59.7 Å². The third-order valence-corrected chi connectivity index (χ3v) is 3.90. The van der Waals surface area contributed by atoms with E-state index in [0.717, 1.165) is 19.4 Å². The van der Waals surface area contributed by atoms with Gasteiger partial charge in [0.05, 0.1) is 12.3 Å². The van der Waals surface area contributed by atoms with E-state index >= 15 is 0 Å². The highest BCUT2D eigenvalue weighted by atomic mass is 19.1. The zero-order valence-corrected chi connectivity index (χ0v) is 13.4. The van der Waals surface area contributed by atoms with Gasteiger partial charge in [-0.1, -0.05) is 0 Å². The fourth-order valence-corrected chi connectivity index (χ4v) is 2.73. The highest BCUT2D eigenvalue weighted by Gasteiger charge is 2.32. The number of likely N-dealkylation sites (tertiary alicyclic amines) is 1. The first-order valence-electron chi connectivity index (χ1n) is 7.69. The van der Waals surface area contributed by atoms with Crippen LogP contribution in [0.3, 0.4) is 0 Å². The summed E-state index contributed by atoms with van der Waals surface area (Å²) in [6.07, 6.45) is 2.10. The van der Waals surface area contributed by atoms with Crippen molar-refractivity contribution in [3.8, 4) is 0 Å². The Kier molecular flexibility index (Phi) is 4.74. The van der Waals surface area contributed by atoms with Crippen molar-refractivity contribution in [2.45, 2.75) is 58.4 Å². The molecule has 0 N–H and O–H groups in total. The lowest BCUT2D eigenvalue weighted by Crippen LogP contribution is -2.46. The minimum absolute atomic E-state index is 0.207. The number of ether oxygens (including phenoxy) is 1. The van der Waals surface area contributed by atoms with Gasteiger partial charge in [0.2, 0.25) is 0 Å². The van der Waals surface area contributed by atoms with E-state index in [1.165, 1.54) is 6.21 Å². The number of piperidine rings is 1. The molecule has 0 aromatic carbocycles. The average Bonchev–Trinajstić information content (AvgIpc) is 2.69. The maximum atomic E-state index is 13.4. The highest BCUT2D eigenvalue weighted by molar-refractivity contribution is 5.68. The van der Waals surface area contributed by atoms with Gasteiger partial charge < -0.3 is 9.64 Å². The summed E-state index contributed by atoms with van der Waals surface area (Å²) < 4.78 is 18.9. The Balaban J connectivity index is 1.86. The van der Waals surface area contributed by atoms with Crippen LogP contribution in [0.4, 0.5) is 9.18 Å². The van der Waals surface area contributed by atoms with Crippen LogP contribution in [0.2, 0.25) is 0 Å². The standard InChI is InChI=1S/C15H26FN3O2/c1-11-13(16)8-17-19(11)10-12-6-5-7-18(9-12)14(20)21-15(2,3)4/h8,11-13H,5-7,9-10H2,1-4H3. The molecule has 0 spiro atoms. The molecule has 3 unspecified atom stereocenters. The second kappa shape index (κ2) is 6.20. The van der Waals surface area contributed by atoms with E-state index in [9.17, 15) is 9.18 Å². The Labute approximate surface area is 126 Å². The lowest BCUT2D eigenvalue weighted by Gasteiger charge is -2.36. The second-order valence-corrected chi connectivity index (χ2v) is 7.01. The quantitative estimate of drug-likeness (QED) is 0.787. The predicted molar refractivity (Wildman–Crippen MR) is 80.1 cm³/mol. The van der Waals surface area contributed by atoms with Gasteiger partial charge in [-0.3, -0.25) is 5.01 Å². The number of halogens is 1. The van der Waals surface area contributed by atoms with Crippen LogP contribution in [0.1, 0.15) is 40.5 Å². The minimum Gasteiger partial charge on any atom is -0.444 e. The van der Waals surface area contributed by atoms with Gasteiger partial charge >= 0.3 is 6.09 Å². The molecule has 0 saturated carbocycles. The molecule has 1 amide bonds. The normalized spacial score (nSPS) is 29.9. The number of hydrogen-bond acceptors (Lipinski definition) is 4. The third kappa shape index (κ3) is 4.32. The summed E-state index contributed by atoms with van der Waals surface area (Å²) in [5.74, 6) is 0.316. The molecule has 0 bridgehead atoms. The largest absolute Gasteiger partial charge is 0.444 e. The third-order valence-electron chi connectivity index (χ3n) is 3.90. The summed E-state index contributed by atoms with van der Waals surface area (Å²) in [6, 6.07) is -0.207. The van der Waals surface area contributed by atoms with Crippen LogP contribution in [0.25, 0.3) is 0 Å². The van der Waals surface area contributed by atoms with E-state index in [-0.39, 0.29) is 12.1 Å². The number of hydrazone groups is 1. The van der Waals surface area contributed by atoms with Crippen molar-refractivity contribution in [2.24, 2.45) is 11.0 Å². The van der Waals surface area contributed by atoms with Gasteiger partial charge in [-0.15, -0.1) is 0 Å². The van der Waals surface area contributed by atoms with Gasteiger partial charge in [-0.25, -0.2) is 9.18 Å². The van der Waals surface area contributed by atoms with Crippen LogP contribution in [0.5, 0.6) is 0 Å². The van der Waals surface area contributed by atoms with Crippen molar-refractivity contribution in [2.75, 3.05) is 19.6 Å². The summed E-state index contributed by atoms with van der Waals surface area (Å²) >= 11 is 0. The van der Waals surface area contributed by atoms with Gasteiger partial charge in [0.25, 0.3) is 0 Å². The first kappa shape index (κ1) is 16.0. The first-order chi connectivity index (χ1) is 9.76. The number of alkyl halides is 1. The van der Waals surface area contributed by atoms with E-state index in [4.69, 9.17) is 4.74 Å². The maximum absolute atomic E-state index is 13.4. The number of amides is 1.